The lowest BCUT2D eigenvalue weighted by molar-refractivity contribution is -0.384. The lowest BCUT2D eigenvalue weighted by atomic mass is 9.90. The van der Waals surface area contributed by atoms with Crippen LogP contribution in [0.5, 0.6) is 5.75 Å². The normalized spacial score (nSPS) is 20.1. The summed E-state index contributed by atoms with van der Waals surface area (Å²) >= 11 is 3.34. The van der Waals surface area contributed by atoms with Crippen molar-refractivity contribution in [3.8, 4) is 5.75 Å². The average Bonchev–Trinajstić information content (AvgIpc) is 3.50. The number of nitro groups is 1. The summed E-state index contributed by atoms with van der Waals surface area (Å²) in [7, 11) is -4.09. The number of rotatable bonds is 7. The van der Waals surface area contributed by atoms with Gasteiger partial charge in [-0.3, -0.25) is 24.5 Å². The number of imide groups is 1. The highest BCUT2D eigenvalue weighted by Crippen LogP contribution is 2.48. The first-order chi connectivity index (χ1) is 20.1. The van der Waals surface area contributed by atoms with Gasteiger partial charge in [-0.05, 0) is 60.2 Å². The number of nitro benzene ring substituents is 1. The number of hydrogen-bond acceptors (Lipinski definition) is 9. The van der Waals surface area contributed by atoms with E-state index < -0.39 is 44.9 Å². The number of hydrogen-bond donors (Lipinski definition) is 0. The van der Waals surface area contributed by atoms with Gasteiger partial charge in [0.25, 0.3) is 11.6 Å². The first kappa shape index (κ1) is 27.6. The van der Waals surface area contributed by atoms with Crippen LogP contribution in [0.3, 0.4) is 0 Å². The molecule has 11 nitrogen and oxygen atoms in total. The third-order valence-corrected chi connectivity index (χ3v) is 8.74. The maximum Gasteiger partial charge on any atom is 0.339 e. The highest BCUT2D eigenvalue weighted by molar-refractivity contribution is 9.10. The van der Waals surface area contributed by atoms with Gasteiger partial charge in [0, 0.05) is 16.6 Å². The van der Waals surface area contributed by atoms with E-state index in [2.05, 4.69) is 15.9 Å². The molecule has 13 heteroatoms. The number of amides is 2. The van der Waals surface area contributed by atoms with Crippen molar-refractivity contribution in [3.05, 3.63) is 123 Å². The van der Waals surface area contributed by atoms with Crippen molar-refractivity contribution < 1.29 is 32.0 Å². The van der Waals surface area contributed by atoms with E-state index in [0.717, 1.165) is 9.37 Å². The Morgan fingerprint density at radius 1 is 0.833 bits per heavy atom. The fraction of sp³-hybridized carbons (Fsp3) is 0.103. The fourth-order valence-corrected chi connectivity index (χ4v) is 6.26. The molecule has 2 amide bonds. The van der Waals surface area contributed by atoms with E-state index in [9.17, 15) is 28.1 Å². The van der Waals surface area contributed by atoms with Crippen LogP contribution in [0.2, 0.25) is 0 Å². The number of benzene rings is 4. The largest absolute Gasteiger partial charge is 0.379 e. The van der Waals surface area contributed by atoms with E-state index >= 15 is 0 Å². The SMILES string of the molecule is O=C1[C@@H]2[C@H](ON(c3cccc([N+](=O)[O-])c3)[C@H]2c2ccc(OS(=O)(=O)c3ccccc3)cc2)C(=O)N1c1ccc(Br)cc1. The van der Waals surface area contributed by atoms with Crippen molar-refractivity contribution in [2.75, 3.05) is 9.96 Å². The number of anilines is 2. The molecular weight excluding hydrogens is 630 g/mol. The first-order valence-electron chi connectivity index (χ1n) is 12.6. The van der Waals surface area contributed by atoms with Gasteiger partial charge in [0.1, 0.15) is 16.6 Å². The standard InChI is InChI=1S/C29H20BrN3O8S/c30-19-11-13-20(14-12-19)31-28(34)25-26(32(40-27(25)29(31)35)21-5-4-6-22(17-21)33(36)37)18-9-15-23(16-10-18)41-42(38,39)24-7-2-1-3-8-24/h1-17,25-27H/t25-,26-,27-/m0/s1. The minimum atomic E-state index is -4.09. The van der Waals surface area contributed by atoms with Crippen molar-refractivity contribution in [2.45, 2.75) is 17.0 Å². The Balaban J connectivity index is 1.37. The van der Waals surface area contributed by atoms with Crippen LogP contribution in [0.1, 0.15) is 11.6 Å². The molecule has 0 spiro atoms. The monoisotopic (exact) mass is 649 g/mol. The van der Waals surface area contributed by atoms with Gasteiger partial charge in [0.2, 0.25) is 5.91 Å². The maximum atomic E-state index is 13.8. The van der Waals surface area contributed by atoms with E-state index in [1.54, 1.807) is 60.7 Å². The van der Waals surface area contributed by atoms with Gasteiger partial charge in [-0.1, -0.05) is 52.3 Å². The summed E-state index contributed by atoms with van der Waals surface area (Å²) in [6, 6.07) is 25.1. The number of carbonyl (C=O) groups is 2. The summed E-state index contributed by atoms with van der Waals surface area (Å²) < 4.78 is 31.4. The van der Waals surface area contributed by atoms with Crippen molar-refractivity contribution >= 4 is 54.9 Å². The zero-order valence-electron chi connectivity index (χ0n) is 21.4. The van der Waals surface area contributed by atoms with Crippen LogP contribution in [0.25, 0.3) is 0 Å². The van der Waals surface area contributed by atoms with Crippen LogP contribution in [-0.4, -0.2) is 31.3 Å². The third kappa shape index (κ3) is 4.91. The van der Waals surface area contributed by atoms with E-state index in [0.29, 0.717) is 11.3 Å². The zero-order chi connectivity index (χ0) is 29.6. The molecule has 0 N–H and O–H groups in total. The predicted octanol–water partition coefficient (Wildman–Crippen LogP) is 5.18. The van der Waals surface area contributed by atoms with E-state index in [1.165, 1.54) is 47.5 Å². The molecule has 0 saturated carbocycles. The number of hydroxylamine groups is 1. The van der Waals surface area contributed by atoms with Crippen LogP contribution < -0.4 is 14.1 Å². The molecule has 6 rings (SSSR count). The molecule has 2 aliphatic heterocycles. The molecule has 0 aromatic heterocycles. The minimum Gasteiger partial charge on any atom is -0.379 e. The molecule has 2 aliphatic rings. The molecule has 2 heterocycles. The quantitative estimate of drug-likeness (QED) is 0.115. The molecular formula is C29H20BrN3O8S. The Morgan fingerprint density at radius 3 is 2.19 bits per heavy atom. The minimum absolute atomic E-state index is 0.0129. The van der Waals surface area contributed by atoms with Crippen LogP contribution >= 0.6 is 15.9 Å². The smallest absolute Gasteiger partial charge is 0.339 e. The number of carbonyl (C=O) groups excluding carboxylic acids is 2. The van der Waals surface area contributed by atoms with E-state index in [4.69, 9.17) is 9.02 Å². The van der Waals surface area contributed by atoms with Gasteiger partial charge in [-0.25, -0.2) is 9.96 Å². The molecule has 0 radical (unpaired) electrons. The summed E-state index contributed by atoms with van der Waals surface area (Å²) in [6.45, 7) is 0. The zero-order valence-corrected chi connectivity index (χ0v) is 23.8. The molecule has 0 bridgehead atoms. The Bertz CT molecular complexity index is 1800. The summed E-state index contributed by atoms with van der Waals surface area (Å²) in [5, 5.41) is 12.8. The van der Waals surface area contributed by atoms with Crippen molar-refractivity contribution in [1.29, 1.82) is 0 Å². The van der Waals surface area contributed by atoms with E-state index in [1.807, 2.05) is 0 Å². The third-order valence-electron chi connectivity index (χ3n) is 6.95. The average molecular weight is 650 g/mol. The van der Waals surface area contributed by atoms with Crippen LogP contribution in [-0.2, 0) is 24.5 Å². The summed E-state index contributed by atoms with van der Waals surface area (Å²) in [5.41, 5.74) is 0.946. The van der Waals surface area contributed by atoms with Gasteiger partial charge < -0.3 is 4.18 Å². The second-order valence-corrected chi connectivity index (χ2v) is 12.0. The highest BCUT2D eigenvalue weighted by Gasteiger charge is 2.60. The van der Waals surface area contributed by atoms with E-state index in [-0.39, 0.29) is 22.0 Å². The lowest BCUT2D eigenvalue weighted by Gasteiger charge is -2.28. The molecule has 3 atom stereocenters. The number of nitrogens with zero attached hydrogens (tertiary/aromatic N) is 3. The second-order valence-electron chi connectivity index (χ2n) is 9.51. The fourth-order valence-electron chi connectivity index (χ4n) is 5.05. The Labute approximate surface area is 248 Å². The molecule has 0 aliphatic carbocycles. The molecule has 4 aromatic carbocycles. The van der Waals surface area contributed by atoms with Crippen molar-refractivity contribution in [3.63, 3.8) is 0 Å². The lowest BCUT2D eigenvalue weighted by Crippen LogP contribution is -2.37. The number of halogens is 1. The first-order valence-corrected chi connectivity index (χ1v) is 14.8. The van der Waals surface area contributed by atoms with Crippen molar-refractivity contribution in [2.24, 2.45) is 5.92 Å². The number of non-ortho nitro benzene ring substituents is 1. The van der Waals surface area contributed by atoms with Gasteiger partial charge in [0.05, 0.1) is 22.3 Å². The Kier molecular flexibility index (Phi) is 7.01. The van der Waals surface area contributed by atoms with Crippen LogP contribution in [0.15, 0.2) is 112 Å². The number of fused-ring (bicyclic) bond motifs is 1. The highest BCUT2D eigenvalue weighted by atomic mass is 79.9. The van der Waals surface area contributed by atoms with Gasteiger partial charge in [-0.2, -0.15) is 8.42 Å². The molecule has 212 valence electrons. The van der Waals surface area contributed by atoms with Crippen molar-refractivity contribution in [1.82, 2.24) is 0 Å². The Morgan fingerprint density at radius 2 is 1.52 bits per heavy atom. The molecule has 0 unspecified atom stereocenters. The second kappa shape index (κ2) is 10.7. The van der Waals surface area contributed by atoms with Crippen LogP contribution in [0, 0.1) is 16.0 Å². The molecule has 4 aromatic rings. The van der Waals surface area contributed by atoms with Crippen LogP contribution in [0.4, 0.5) is 17.1 Å². The van der Waals surface area contributed by atoms with Gasteiger partial charge in [0.15, 0.2) is 6.10 Å². The summed E-state index contributed by atoms with van der Waals surface area (Å²) in [6.07, 6.45) is -1.19. The van der Waals surface area contributed by atoms with Gasteiger partial charge >= 0.3 is 10.1 Å². The topological polar surface area (TPSA) is 136 Å². The molecule has 2 fully saturated rings. The Hall–Kier alpha value is -4.59. The molecule has 42 heavy (non-hydrogen) atoms. The predicted molar refractivity (Wildman–Crippen MR) is 154 cm³/mol. The maximum absolute atomic E-state index is 13.8. The summed E-state index contributed by atoms with van der Waals surface area (Å²) in [4.78, 5) is 45.3. The molecule has 2 saturated heterocycles. The summed E-state index contributed by atoms with van der Waals surface area (Å²) in [5.74, 6) is -2.04. The van der Waals surface area contributed by atoms with Gasteiger partial charge in [-0.15, -0.1) is 0 Å².